The van der Waals surface area contributed by atoms with E-state index in [-0.39, 0.29) is 24.1 Å². The van der Waals surface area contributed by atoms with E-state index in [0.717, 1.165) is 41.7 Å². The predicted octanol–water partition coefficient (Wildman–Crippen LogP) is 4.64. The Morgan fingerprint density at radius 3 is 2.81 bits per heavy atom. The maximum atomic E-state index is 13.4. The number of likely N-dealkylation sites (tertiary alicyclic amines) is 1. The number of rotatable bonds is 6. The maximum Gasteiger partial charge on any atom is 0.318 e. The number of amides is 2. The zero-order valence-electron chi connectivity index (χ0n) is 17.9. The van der Waals surface area contributed by atoms with Gasteiger partial charge >= 0.3 is 6.03 Å². The molecular weight excluding hydrogens is 431 g/mol. The van der Waals surface area contributed by atoms with Crippen molar-refractivity contribution < 1.29 is 13.9 Å². The number of carbonyl (C=O) groups is 1. The topological polar surface area (TPSA) is 49.7 Å². The fourth-order valence-corrected chi connectivity index (χ4v) is 5.07. The van der Waals surface area contributed by atoms with E-state index in [1.165, 1.54) is 12.1 Å². The van der Waals surface area contributed by atoms with E-state index in [9.17, 15) is 9.18 Å². The molecule has 6 nitrogen and oxygen atoms in total. The van der Waals surface area contributed by atoms with E-state index in [4.69, 9.17) is 16.3 Å². The number of halogens is 2. The van der Waals surface area contributed by atoms with E-state index in [2.05, 4.69) is 10.2 Å². The van der Waals surface area contributed by atoms with Crippen LogP contribution in [0.2, 0.25) is 5.02 Å². The van der Waals surface area contributed by atoms with Crippen LogP contribution in [0.25, 0.3) is 16.6 Å². The molecule has 2 atom stereocenters. The Kier molecular flexibility index (Phi) is 5.69. The Hall–Kier alpha value is -2.77. The molecule has 2 aromatic carbocycles. The quantitative estimate of drug-likeness (QED) is 0.588. The minimum Gasteiger partial charge on any atom is -0.490 e. The molecule has 2 amide bonds. The largest absolute Gasteiger partial charge is 0.490 e. The zero-order valence-corrected chi connectivity index (χ0v) is 18.7. The van der Waals surface area contributed by atoms with Gasteiger partial charge in [-0.3, -0.25) is 4.90 Å². The Balaban J connectivity index is 1.40. The number of aromatic nitrogens is 1. The summed E-state index contributed by atoms with van der Waals surface area (Å²) in [7, 11) is 0. The van der Waals surface area contributed by atoms with E-state index >= 15 is 0 Å². The van der Waals surface area contributed by atoms with Gasteiger partial charge in [-0.1, -0.05) is 11.6 Å². The molecule has 1 N–H and O–H groups in total. The molecular formula is C24H26ClFN4O2. The number of likely N-dealkylation sites (N-methyl/N-ethyl adjacent to an activating group) is 1. The summed E-state index contributed by atoms with van der Waals surface area (Å²) in [6, 6.07) is 12.3. The van der Waals surface area contributed by atoms with Gasteiger partial charge in [0, 0.05) is 35.2 Å². The van der Waals surface area contributed by atoms with Crippen molar-refractivity contribution in [3.05, 3.63) is 59.5 Å². The molecule has 0 spiro atoms. The average molecular weight is 457 g/mol. The van der Waals surface area contributed by atoms with Crippen molar-refractivity contribution in [2.45, 2.75) is 32.0 Å². The Morgan fingerprint density at radius 1 is 1.22 bits per heavy atom. The third-order valence-electron chi connectivity index (χ3n) is 6.47. The predicted molar refractivity (Wildman–Crippen MR) is 123 cm³/mol. The molecule has 2 unspecified atom stereocenters. The van der Waals surface area contributed by atoms with Crippen LogP contribution in [0.5, 0.6) is 5.75 Å². The Bertz CT molecular complexity index is 1130. The van der Waals surface area contributed by atoms with Crippen LogP contribution in [0.1, 0.15) is 19.8 Å². The van der Waals surface area contributed by atoms with E-state index < -0.39 is 0 Å². The highest BCUT2D eigenvalue weighted by Gasteiger charge is 2.39. The third-order valence-corrected chi connectivity index (χ3v) is 6.70. The monoisotopic (exact) mass is 456 g/mol. The van der Waals surface area contributed by atoms with Crippen LogP contribution in [-0.2, 0) is 0 Å². The first-order chi connectivity index (χ1) is 15.5. The SMILES string of the molecule is CCN1C(=O)NCC1N1CCCC1COc1cn(-c2ccc(F)cc2)c2ccc(Cl)cc12. The number of nitrogens with one attached hydrogen (secondary N) is 1. The fraction of sp³-hybridized carbons (Fsp3) is 0.375. The van der Waals surface area contributed by atoms with E-state index in [1.54, 1.807) is 12.1 Å². The Morgan fingerprint density at radius 2 is 2.03 bits per heavy atom. The molecule has 2 saturated heterocycles. The van der Waals surface area contributed by atoms with Crippen LogP contribution in [0.4, 0.5) is 9.18 Å². The van der Waals surface area contributed by atoms with Crippen LogP contribution in [0.3, 0.4) is 0 Å². The molecule has 3 heterocycles. The van der Waals surface area contributed by atoms with Gasteiger partial charge in [-0.25, -0.2) is 9.18 Å². The highest BCUT2D eigenvalue weighted by Crippen LogP contribution is 2.34. The standard InChI is InChI=1S/C24H26ClFN4O2/c1-2-28-23(13-27-24(28)31)29-11-3-4-19(29)15-32-22-14-30(18-8-6-17(26)7-9-18)21-10-5-16(25)12-20(21)22/h5-10,12,14,19,23H,2-4,11,13,15H2,1H3,(H,27,31). The molecule has 2 fully saturated rings. The van der Waals surface area contributed by atoms with E-state index in [1.807, 2.05) is 40.8 Å². The number of hydrogen-bond acceptors (Lipinski definition) is 3. The molecule has 5 rings (SSSR count). The lowest BCUT2D eigenvalue weighted by atomic mass is 10.2. The summed E-state index contributed by atoms with van der Waals surface area (Å²) in [6.45, 7) is 4.81. The van der Waals surface area contributed by atoms with Crippen molar-refractivity contribution in [3.63, 3.8) is 0 Å². The van der Waals surface area contributed by atoms with Crippen LogP contribution >= 0.6 is 11.6 Å². The lowest BCUT2D eigenvalue weighted by molar-refractivity contribution is 0.0679. The van der Waals surface area contributed by atoms with Gasteiger partial charge in [-0.2, -0.15) is 0 Å². The summed E-state index contributed by atoms with van der Waals surface area (Å²) in [4.78, 5) is 16.4. The lowest BCUT2D eigenvalue weighted by Gasteiger charge is -2.34. The molecule has 0 radical (unpaired) electrons. The average Bonchev–Trinajstić information content (AvgIpc) is 3.49. The van der Waals surface area contributed by atoms with Crippen molar-refractivity contribution in [1.29, 1.82) is 0 Å². The summed E-state index contributed by atoms with van der Waals surface area (Å²) < 4.78 is 21.8. The lowest BCUT2D eigenvalue weighted by Crippen LogP contribution is -2.50. The molecule has 0 bridgehead atoms. The molecule has 0 aliphatic carbocycles. The van der Waals surface area contributed by atoms with Crippen molar-refractivity contribution >= 4 is 28.5 Å². The minimum atomic E-state index is -0.271. The van der Waals surface area contributed by atoms with Crippen molar-refractivity contribution in [1.82, 2.24) is 19.7 Å². The van der Waals surface area contributed by atoms with Crippen LogP contribution in [0, 0.1) is 5.82 Å². The number of urea groups is 1. The third kappa shape index (κ3) is 3.80. The van der Waals surface area contributed by atoms with Crippen LogP contribution < -0.4 is 10.1 Å². The van der Waals surface area contributed by atoms with Gasteiger partial charge in [-0.15, -0.1) is 0 Å². The summed E-state index contributed by atoms with van der Waals surface area (Å²) in [5, 5.41) is 4.51. The first-order valence-corrected chi connectivity index (χ1v) is 11.4. The van der Waals surface area contributed by atoms with Crippen molar-refractivity contribution in [3.8, 4) is 11.4 Å². The highest BCUT2D eigenvalue weighted by molar-refractivity contribution is 6.31. The second-order valence-electron chi connectivity index (χ2n) is 8.30. The second kappa shape index (κ2) is 8.64. The molecule has 3 aromatic rings. The number of hydrogen-bond donors (Lipinski definition) is 1. The van der Waals surface area contributed by atoms with Gasteiger partial charge in [0.2, 0.25) is 0 Å². The zero-order chi connectivity index (χ0) is 22.2. The fourth-order valence-electron chi connectivity index (χ4n) is 4.89. The molecule has 0 saturated carbocycles. The molecule has 2 aliphatic heterocycles. The maximum absolute atomic E-state index is 13.4. The van der Waals surface area contributed by atoms with Gasteiger partial charge in [0.05, 0.1) is 18.3 Å². The molecule has 1 aromatic heterocycles. The van der Waals surface area contributed by atoms with Gasteiger partial charge in [0.15, 0.2) is 0 Å². The number of carbonyl (C=O) groups excluding carboxylic acids is 1. The van der Waals surface area contributed by atoms with Gasteiger partial charge in [0.25, 0.3) is 0 Å². The normalized spacial score (nSPS) is 21.5. The number of ether oxygens (including phenoxy) is 1. The van der Waals surface area contributed by atoms with Gasteiger partial charge in [-0.05, 0) is 62.2 Å². The van der Waals surface area contributed by atoms with Crippen molar-refractivity contribution in [2.75, 3.05) is 26.2 Å². The summed E-state index contributed by atoms with van der Waals surface area (Å²) in [5.41, 5.74) is 1.80. The summed E-state index contributed by atoms with van der Waals surface area (Å²) >= 11 is 6.28. The summed E-state index contributed by atoms with van der Waals surface area (Å²) in [6.07, 6.45) is 4.12. The van der Waals surface area contributed by atoms with Crippen molar-refractivity contribution in [2.24, 2.45) is 0 Å². The first-order valence-electron chi connectivity index (χ1n) is 11.0. The van der Waals surface area contributed by atoms with Crippen LogP contribution in [0.15, 0.2) is 48.7 Å². The highest BCUT2D eigenvalue weighted by atomic mass is 35.5. The van der Waals surface area contributed by atoms with Crippen LogP contribution in [-0.4, -0.2) is 58.8 Å². The second-order valence-corrected chi connectivity index (χ2v) is 8.74. The molecule has 8 heteroatoms. The minimum absolute atomic E-state index is 0.000999. The Labute approximate surface area is 191 Å². The summed E-state index contributed by atoms with van der Waals surface area (Å²) in [5.74, 6) is 0.471. The number of fused-ring (bicyclic) bond motifs is 1. The van der Waals surface area contributed by atoms with Gasteiger partial charge in [0.1, 0.15) is 24.3 Å². The molecule has 2 aliphatic rings. The first kappa shape index (κ1) is 21.1. The molecule has 32 heavy (non-hydrogen) atoms. The van der Waals surface area contributed by atoms with Gasteiger partial charge < -0.3 is 19.5 Å². The smallest absolute Gasteiger partial charge is 0.318 e. The number of benzene rings is 2. The number of nitrogens with zero attached hydrogens (tertiary/aromatic N) is 3. The van der Waals surface area contributed by atoms with E-state index in [0.29, 0.717) is 24.7 Å². The molecule has 168 valence electrons.